The van der Waals surface area contributed by atoms with Gasteiger partial charge in [0.05, 0.1) is 12.2 Å². The van der Waals surface area contributed by atoms with Crippen molar-refractivity contribution < 1.29 is 9.53 Å². The van der Waals surface area contributed by atoms with Crippen LogP contribution in [0.15, 0.2) is 0 Å². The highest BCUT2D eigenvalue weighted by atomic mass is 16.5. The van der Waals surface area contributed by atoms with E-state index in [-0.39, 0.29) is 12.0 Å². The summed E-state index contributed by atoms with van der Waals surface area (Å²) in [5.41, 5.74) is -0.773. The molecule has 1 saturated carbocycles. The second-order valence-corrected chi connectivity index (χ2v) is 5.99. The molecule has 1 aliphatic carbocycles. The molecule has 1 amide bonds. The summed E-state index contributed by atoms with van der Waals surface area (Å²) in [4.78, 5) is 12.3. The maximum Gasteiger partial charge on any atom is 0.240 e. The summed E-state index contributed by atoms with van der Waals surface area (Å²) in [7, 11) is 0. The van der Waals surface area contributed by atoms with E-state index in [9.17, 15) is 10.1 Å². The number of hydrogen-bond donors (Lipinski definition) is 1. The number of carbonyl (C=O) groups is 1. The Morgan fingerprint density at radius 1 is 1.25 bits per heavy atom. The van der Waals surface area contributed by atoms with Crippen molar-refractivity contribution in [2.45, 2.75) is 71.3 Å². The van der Waals surface area contributed by atoms with Crippen molar-refractivity contribution in [1.29, 1.82) is 5.26 Å². The van der Waals surface area contributed by atoms with Gasteiger partial charge in [0.25, 0.3) is 0 Å². The number of rotatable bonds is 7. The van der Waals surface area contributed by atoms with Crippen LogP contribution in [0.5, 0.6) is 0 Å². The molecule has 0 aromatic heterocycles. The Hall–Kier alpha value is -1.08. The average Bonchev–Trinajstić information content (AvgIpc) is 2.68. The molecule has 0 atom stereocenters. The fourth-order valence-corrected chi connectivity index (χ4v) is 2.64. The van der Waals surface area contributed by atoms with E-state index >= 15 is 0 Å². The molecule has 1 rings (SSSR count). The van der Waals surface area contributed by atoms with Gasteiger partial charge in [0, 0.05) is 13.2 Å². The first kappa shape index (κ1) is 17.0. The number of amides is 1. The summed E-state index contributed by atoms with van der Waals surface area (Å²) in [6, 6.07) is 2.29. The number of nitriles is 1. The van der Waals surface area contributed by atoms with E-state index in [1.54, 1.807) is 0 Å². The Morgan fingerprint density at radius 2 is 1.90 bits per heavy atom. The molecule has 0 spiro atoms. The van der Waals surface area contributed by atoms with Gasteiger partial charge in [-0.05, 0) is 39.5 Å². The predicted octanol–water partition coefficient (Wildman–Crippen LogP) is 3.17. The van der Waals surface area contributed by atoms with Crippen molar-refractivity contribution in [1.82, 2.24) is 5.32 Å². The number of unbranched alkanes of at least 4 members (excludes halogenated alkanes) is 1. The number of hydrogen-bond acceptors (Lipinski definition) is 3. The average molecular weight is 280 g/mol. The molecule has 0 bridgehead atoms. The minimum atomic E-state index is -0.773. The molecular weight excluding hydrogens is 252 g/mol. The van der Waals surface area contributed by atoms with Crippen LogP contribution in [0.2, 0.25) is 0 Å². The van der Waals surface area contributed by atoms with Crippen LogP contribution in [-0.4, -0.2) is 25.2 Å². The van der Waals surface area contributed by atoms with Gasteiger partial charge in [-0.2, -0.15) is 5.26 Å². The molecule has 1 N–H and O–H groups in total. The molecule has 114 valence electrons. The lowest BCUT2D eigenvalue weighted by molar-refractivity contribution is -0.128. The molecule has 0 aromatic carbocycles. The first-order valence-electron chi connectivity index (χ1n) is 7.92. The lowest BCUT2D eigenvalue weighted by Gasteiger charge is -2.23. The third kappa shape index (κ3) is 5.50. The lowest BCUT2D eigenvalue weighted by atomic mass is 9.81. The molecule has 4 nitrogen and oxygen atoms in total. The van der Waals surface area contributed by atoms with Crippen molar-refractivity contribution in [3.63, 3.8) is 0 Å². The minimum absolute atomic E-state index is 0.0633. The molecule has 0 aromatic rings. The zero-order valence-electron chi connectivity index (χ0n) is 12.9. The monoisotopic (exact) mass is 280 g/mol. The van der Waals surface area contributed by atoms with E-state index < -0.39 is 5.41 Å². The van der Waals surface area contributed by atoms with Gasteiger partial charge in [0.2, 0.25) is 5.91 Å². The van der Waals surface area contributed by atoms with Crippen LogP contribution in [0.1, 0.15) is 65.2 Å². The van der Waals surface area contributed by atoms with Gasteiger partial charge in [-0.1, -0.05) is 25.7 Å². The number of nitrogens with zero attached hydrogens (tertiary/aromatic N) is 1. The van der Waals surface area contributed by atoms with E-state index in [0.717, 1.165) is 45.1 Å². The Labute approximate surface area is 122 Å². The van der Waals surface area contributed by atoms with E-state index in [2.05, 4.69) is 11.4 Å². The second-order valence-electron chi connectivity index (χ2n) is 5.99. The molecule has 4 heteroatoms. The van der Waals surface area contributed by atoms with E-state index in [1.165, 1.54) is 0 Å². The fraction of sp³-hybridized carbons (Fsp3) is 0.875. The first-order chi connectivity index (χ1) is 9.60. The third-order valence-corrected chi connectivity index (χ3v) is 3.91. The summed E-state index contributed by atoms with van der Waals surface area (Å²) in [6.07, 6.45) is 7.80. The maximum absolute atomic E-state index is 12.3. The summed E-state index contributed by atoms with van der Waals surface area (Å²) < 4.78 is 5.46. The largest absolute Gasteiger partial charge is 0.379 e. The Kier molecular flexibility index (Phi) is 7.61. The van der Waals surface area contributed by atoms with Gasteiger partial charge in [0.1, 0.15) is 5.41 Å². The SMILES string of the molecule is CC(C)OCCCCNC(=O)C1(C#N)CCCCCC1. The van der Waals surface area contributed by atoms with Crippen molar-refractivity contribution >= 4 is 5.91 Å². The molecule has 20 heavy (non-hydrogen) atoms. The summed E-state index contributed by atoms with van der Waals surface area (Å²) in [6.45, 7) is 5.41. The van der Waals surface area contributed by atoms with E-state index in [4.69, 9.17) is 4.74 Å². The van der Waals surface area contributed by atoms with Crippen LogP contribution < -0.4 is 5.32 Å². The molecule has 1 fully saturated rings. The van der Waals surface area contributed by atoms with Gasteiger partial charge in [0.15, 0.2) is 0 Å². The van der Waals surface area contributed by atoms with E-state index in [0.29, 0.717) is 19.4 Å². The maximum atomic E-state index is 12.3. The van der Waals surface area contributed by atoms with E-state index in [1.807, 2.05) is 13.8 Å². The topological polar surface area (TPSA) is 62.1 Å². The van der Waals surface area contributed by atoms with Crippen LogP contribution in [0.3, 0.4) is 0 Å². The zero-order valence-corrected chi connectivity index (χ0v) is 12.9. The van der Waals surface area contributed by atoms with Gasteiger partial charge in [-0.15, -0.1) is 0 Å². The Morgan fingerprint density at radius 3 is 2.45 bits per heavy atom. The van der Waals surface area contributed by atoms with Gasteiger partial charge < -0.3 is 10.1 Å². The van der Waals surface area contributed by atoms with Gasteiger partial charge in [-0.25, -0.2) is 0 Å². The van der Waals surface area contributed by atoms with Crippen LogP contribution in [0, 0.1) is 16.7 Å². The summed E-state index contributed by atoms with van der Waals surface area (Å²) >= 11 is 0. The summed E-state index contributed by atoms with van der Waals surface area (Å²) in [5.74, 6) is -0.0633. The second kappa shape index (κ2) is 8.97. The molecule has 0 unspecified atom stereocenters. The third-order valence-electron chi connectivity index (χ3n) is 3.91. The lowest BCUT2D eigenvalue weighted by Crippen LogP contribution is -2.40. The van der Waals surface area contributed by atoms with Crippen LogP contribution in [0.25, 0.3) is 0 Å². The standard InChI is InChI=1S/C16H28N2O2/c1-14(2)20-12-8-7-11-18-15(19)16(13-17)9-5-3-4-6-10-16/h14H,3-12H2,1-2H3,(H,18,19). The Balaban J connectivity index is 2.28. The minimum Gasteiger partial charge on any atom is -0.379 e. The molecule has 0 radical (unpaired) electrons. The molecule has 1 aliphatic rings. The van der Waals surface area contributed by atoms with Crippen LogP contribution >= 0.6 is 0 Å². The van der Waals surface area contributed by atoms with Crippen molar-refractivity contribution in [2.24, 2.45) is 5.41 Å². The van der Waals surface area contributed by atoms with Crippen molar-refractivity contribution in [2.75, 3.05) is 13.2 Å². The van der Waals surface area contributed by atoms with Gasteiger partial charge >= 0.3 is 0 Å². The highest BCUT2D eigenvalue weighted by molar-refractivity contribution is 5.85. The van der Waals surface area contributed by atoms with Gasteiger partial charge in [-0.3, -0.25) is 4.79 Å². The predicted molar refractivity (Wildman–Crippen MR) is 79.1 cm³/mol. The number of nitrogens with one attached hydrogen (secondary N) is 1. The molecular formula is C16H28N2O2. The number of carbonyl (C=O) groups excluding carboxylic acids is 1. The van der Waals surface area contributed by atoms with Crippen LogP contribution in [0.4, 0.5) is 0 Å². The summed E-state index contributed by atoms with van der Waals surface area (Å²) in [5, 5.41) is 12.4. The quantitative estimate of drug-likeness (QED) is 0.575. The van der Waals surface area contributed by atoms with Crippen molar-refractivity contribution in [3.05, 3.63) is 0 Å². The highest BCUT2D eigenvalue weighted by Gasteiger charge is 2.38. The molecule has 0 heterocycles. The normalized spacial score (nSPS) is 18.3. The highest BCUT2D eigenvalue weighted by Crippen LogP contribution is 2.34. The smallest absolute Gasteiger partial charge is 0.240 e. The Bertz CT molecular complexity index is 326. The fourth-order valence-electron chi connectivity index (χ4n) is 2.64. The zero-order chi connectivity index (χ0) is 14.8. The molecule has 0 saturated heterocycles. The first-order valence-corrected chi connectivity index (χ1v) is 7.92. The van der Waals surface area contributed by atoms with Crippen molar-refractivity contribution in [3.8, 4) is 6.07 Å². The van der Waals surface area contributed by atoms with Crippen LogP contribution in [-0.2, 0) is 9.53 Å². The number of ether oxygens (including phenoxy) is 1. The molecule has 0 aliphatic heterocycles.